The Morgan fingerprint density at radius 3 is 3.09 bits per heavy atom. The SMILES string of the molecule is CCOc1cc(N2CCO[C@H](c3nncn3CC)C2)ncn1. The van der Waals surface area contributed by atoms with Crippen LogP contribution in [0.1, 0.15) is 25.8 Å². The van der Waals surface area contributed by atoms with E-state index in [1.54, 1.807) is 6.33 Å². The minimum Gasteiger partial charge on any atom is -0.478 e. The van der Waals surface area contributed by atoms with Crippen molar-refractivity contribution >= 4 is 5.82 Å². The standard InChI is InChI=1S/C14H20N6O2/c1-3-19-10-17-18-14(19)11-8-20(5-6-22-11)12-7-13(21-4-2)16-9-15-12/h7,9-11H,3-6,8H2,1-2H3/t11-/m0/s1. The Bertz CT molecular complexity index is 617. The van der Waals surface area contributed by atoms with E-state index in [-0.39, 0.29) is 6.10 Å². The molecule has 0 amide bonds. The highest BCUT2D eigenvalue weighted by Crippen LogP contribution is 2.25. The van der Waals surface area contributed by atoms with E-state index in [9.17, 15) is 0 Å². The number of rotatable bonds is 5. The van der Waals surface area contributed by atoms with Crippen LogP contribution in [0.4, 0.5) is 5.82 Å². The topological polar surface area (TPSA) is 78.2 Å². The molecule has 1 atom stereocenters. The summed E-state index contributed by atoms with van der Waals surface area (Å²) in [5.74, 6) is 2.29. The molecule has 2 aromatic rings. The van der Waals surface area contributed by atoms with Crippen LogP contribution >= 0.6 is 0 Å². The molecule has 1 saturated heterocycles. The molecule has 0 unspecified atom stereocenters. The molecule has 0 aromatic carbocycles. The minimum absolute atomic E-state index is 0.110. The van der Waals surface area contributed by atoms with E-state index in [2.05, 4.69) is 32.0 Å². The van der Waals surface area contributed by atoms with Gasteiger partial charge in [0.25, 0.3) is 0 Å². The lowest BCUT2D eigenvalue weighted by Crippen LogP contribution is -2.39. The predicted molar refractivity (Wildman–Crippen MR) is 79.8 cm³/mol. The van der Waals surface area contributed by atoms with Crippen molar-refractivity contribution in [2.45, 2.75) is 26.5 Å². The molecule has 118 valence electrons. The fourth-order valence-electron chi connectivity index (χ4n) is 2.50. The third kappa shape index (κ3) is 3.01. The molecule has 0 radical (unpaired) electrons. The van der Waals surface area contributed by atoms with Gasteiger partial charge in [-0.1, -0.05) is 0 Å². The zero-order valence-corrected chi connectivity index (χ0v) is 12.8. The molecule has 0 spiro atoms. The van der Waals surface area contributed by atoms with Crippen molar-refractivity contribution in [3.05, 3.63) is 24.5 Å². The number of aryl methyl sites for hydroxylation is 1. The van der Waals surface area contributed by atoms with Crippen LogP contribution in [0.2, 0.25) is 0 Å². The molecule has 0 N–H and O–H groups in total. The molecule has 0 bridgehead atoms. The Hall–Kier alpha value is -2.22. The van der Waals surface area contributed by atoms with E-state index < -0.39 is 0 Å². The first kappa shape index (κ1) is 14.7. The zero-order chi connectivity index (χ0) is 15.4. The fourth-order valence-corrected chi connectivity index (χ4v) is 2.50. The Balaban J connectivity index is 1.77. The Kier molecular flexibility index (Phi) is 4.47. The van der Waals surface area contributed by atoms with Crippen LogP contribution < -0.4 is 9.64 Å². The van der Waals surface area contributed by atoms with Crippen molar-refractivity contribution < 1.29 is 9.47 Å². The average Bonchev–Trinajstić information content (AvgIpc) is 3.04. The second-order valence-electron chi connectivity index (χ2n) is 4.93. The molecule has 22 heavy (non-hydrogen) atoms. The summed E-state index contributed by atoms with van der Waals surface area (Å²) in [7, 11) is 0. The molecule has 8 heteroatoms. The second kappa shape index (κ2) is 6.69. The van der Waals surface area contributed by atoms with Gasteiger partial charge in [0.2, 0.25) is 5.88 Å². The first-order chi connectivity index (χ1) is 10.8. The Labute approximate surface area is 129 Å². The van der Waals surface area contributed by atoms with Gasteiger partial charge >= 0.3 is 0 Å². The van der Waals surface area contributed by atoms with Gasteiger partial charge in [-0.25, -0.2) is 9.97 Å². The van der Waals surface area contributed by atoms with Crippen LogP contribution in [0.25, 0.3) is 0 Å². The predicted octanol–water partition coefficient (Wildman–Crippen LogP) is 1.06. The summed E-state index contributed by atoms with van der Waals surface area (Å²) in [5.41, 5.74) is 0. The zero-order valence-electron chi connectivity index (χ0n) is 12.8. The van der Waals surface area contributed by atoms with Crippen LogP contribution in [-0.4, -0.2) is 51.0 Å². The van der Waals surface area contributed by atoms with Crippen molar-refractivity contribution in [2.24, 2.45) is 0 Å². The van der Waals surface area contributed by atoms with E-state index in [1.807, 2.05) is 17.6 Å². The third-order valence-electron chi connectivity index (χ3n) is 3.58. The van der Waals surface area contributed by atoms with Crippen LogP contribution in [0.15, 0.2) is 18.7 Å². The summed E-state index contributed by atoms with van der Waals surface area (Å²) in [6.07, 6.45) is 3.15. The number of nitrogens with zero attached hydrogens (tertiary/aromatic N) is 6. The first-order valence-electron chi connectivity index (χ1n) is 7.51. The van der Waals surface area contributed by atoms with Crippen LogP contribution in [-0.2, 0) is 11.3 Å². The maximum atomic E-state index is 5.85. The maximum Gasteiger partial charge on any atom is 0.218 e. The summed E-state index contributed by atoms with van der Waals surface area (Å²) in [6, 6.07) is 1.86. The lowest BCUT2D eigenvalue weighted by atomic mass is 10.2. The van der Waals surface area contributed by atoms with E-state index >= 15 is 0 Å². The summed E-state index contributed by atoms with van der Waals surface area (Å²) in [4.78, 5) is 10.6. The van der Waals surface area contributed by atoms with Crippen LogP contribution in [0.3, 0.4) is 0 Å². The van der Waals surface area contributed by atoms with Gasteiger partial charge in [0, 0.05) is 19.2 Å². The van der Waals surface area contributed by atoms with Gasteiger partial charge in [-0.05, 0) is 13.8 Å². The molecule has 0 aliphatic carbocycles. The first-order valence-corrected chi connectivity index (χ1v) is 7.51. The number of morpholine rings is 1. The molecule has 3 rings (SSSR count). The van der Waals surface area contributed by atoms with Gasteiger partial charge in [0.1, 0.15) is 24.6 Å². The van der Waals surface area contributed by atoms with Crippen LogP contribution in [0.5, 0.6) is 5.88 Å². The molecule has 0 saturated carbocycles. The monoisotopic (exact) mass is 304 g/mol. The highest BCUT2D eigenvalue weighted by atomic mass is 16.5. The maximum absolute atomic E-state index is 5.85. The largest absolute Gasteiger partial charge is 0.478 e. The molecule has 3 heterocycles. The molecular weight excluding hydrogens is 284 g/mol. The molecule has 1 fully saturated rings. The lowest BCUT2D eigenvalue weighted by molar-refractivity contribution is 0.0313. The van der Waals surface area contributed by atoms with Gasteiger partial charge in [0.15, 0.2) is 5.82 Å². The second-order valence-corrected chi connectivity index (χ2v) is 4.93. The quantitative estimate of drug-likeness (QED) is 0.817. The van der Waals surface area contributed by atoms with Gasteiger partial charge in [-0.2, -0.15) is 0 Å². The number of hydrogen-bond acceptors (Lipinski definition) is 7. The van der Waals surface area contributed by atoms with E-state index in [4.69, 9.17) is 9.47 Å². The number of hydrogen-bond donors (Lipinski definition) is 0. The van der Waals surface area contributed by atoms with Gasteiger partial charge in [-0.15, -0.1) is 10.2 Å². The highest BCUT2D eigenvalue weighted by molar-refractivity contribution is 5.41. The minimum atomic E-state index is -0.110. The number of ether oxygens (including phenoxy) is 2. The van der Waals surface area contributed by atoms with Crippen molar-refractivity contribution in [1.29, 1.82) is 0 Å². The smallest absolute Gasteiger partial charge is 0.218 e. The van der Waals surface area contributed by atoms with Gasteiger partial charge < -0.3 is 18.9 Å². The van der Waals surface area contributed by atoms with Gasteiger partial charge in [-0.3, -0.25) is 0 Å². The van der Waals surface area contributed by atoms with E-state index in [0.29, 0.717) is 25.6 Å². The van der Waals surface area contributed by atoms with Crippen molar-refractivity contribution in [3.63, 3.8) is 0 Å². The average molecular weight is 304 g/mol. The van der Waals surface area contributed by atoms with Crippen molar-refractivity contribution in [2.75, 3.05) is 31.2 Å². The number of anilines is 1. The fraction of sp³-hybridized carbons (Fsp3) is 0.571. The molecular formula is C14H20N6O2. The Morgan fingerprint density at radius 2 is 2.27 bits per heavy atom. The molecule has 1 aliphatic rings. The molecule has 8 nitrogen and oxygen atoms in total. The summed E-state index contributed by atoms with van der Waals surface area (Å²) in [6.45, 7) is 7.48. The summed E-state index contributed by atoms with van der Waals surface area (Å²) in [5, 5.41) is 8.16. The normalized spacial score (nSPS) is 18.5. The van der Waals surface area contributed by atoms with Crippen molar-refractivity contribution in [1.82, 2.24) is 24.7 Å². The van der Waals surface area contributed by atoms with Crippen molar-refractivity contribution in [3.8, 4) is 5.88 Å². The Morgan fingerprint density at radius 1 is 1.36 bits per heavy atom. The van der Waals surface area contributed by atoms with Gasteiger partial charge in [0.05, 0.1) is 19.8 Å². The van der Waals surface area contributed by atoms with Crippen LogP contribution in [0, 0.1) is 0 Å². The third-order valence-corrected chi connectivity index (χ3v) is 3.58. The highest BCUT2D eigenvalue weighted by Gasteiger charge is 2.26. The van der Waals surface area contributed by atoms with E-state index in [0.717, 1.165) is 24.7 Å². The molecule has 1 aliphatic heterocycles. The summed E-state index contributed by atoms with van der Waals surface area (Å²) >= 11 is 0. The number of aromatic nitrogens is 5. The lowest BCUT2D eigenvalue weighted by Gasteiger charge is -2.33. The summed E-state index contributed by atoms with van der Waals surface area (Å²) < 4.78 is 13.3. The molecule has 2 aromatic heterocycles. The van der Waals surface area contributed by atoms with E-state index in [1.165, 1.54) is 6.33 Å².